The number of thiophene rings is 1. The lowest BCUT2D eigenvalue weighted by Crippen LogP contribution is -2.13. The van der Waals surface area contributed by atoms with Crippen molar-refractivity contribution in [3.05, 3.63) is 52.6 Å². The minimum absolute atomic E-state index is 0.281. The van der Waals surface area contributed by atoms with Crippen LogP contribution >= 0.6 is 22.9 Å². The highest BCUT2D eigenvalue weighted by atomic mass is 35.5. The first kappa shape index (κ1) is 12.1. The van der Waals surface area contributed by atoms with Crippen molar-refractivity contribution < 1.29 is 4.79 Å². The van der Waals surface area contributed by atoms with Gasteiger partial charge >= 0.3 is 0 Å². The SMILES string of the molecule is O=C(Nc1ncnc2sccc12)c1ccccc1Cl. The molecule has 2 aromatic heterocycles. The summed E-state index contributed by atoms with van der Waals surface area (Å²) in [6.45, 7) is 0. The minimum atomic E-state index is -0.281. The largest absolute Gasteiger partial charge is 0.306 e. The van der Waals surface area contributed by atoms with Gasteiger partial charge in [0, 0.05) is 0 Å². The number of benzene rings is 1. The van der Waals surface area contributed by atoms with Crippen molar-refractivity contribution in [1.29, 1.82) is 0 Å². The molecule has 0 aliphatic rings. The molecule has 0 spiro atoms. The number of nitrogens with zero attached hydrogens (tertiary/aromatic N) is 2. The Balaban J connectivity index is 1.95. The number of hydrogen-bond donors (Lipinski definition) is 1. The van der Waals surface area contributed by atoms with Gasteiger partial charge in [-0.3, -0.25) is 4.79 Å². The number of hydrogen-bond acceptors (Lipinski definition) is 4. The summed E-state index contributed by atoms with van der Waals surface area (Å²) in [6, 6.07) is 8.77. The van der Waals surface area contributed by atoms with Crippen molar-refractivity contribution in [3.63, 3.8) is 0 Å². The van der Waals surface area contributed by atoms with Crippen LogP contribution in [0.25, 0.3) is 10.2 Å². The van der Waals surface area contributed by atoms with Crippen LogP contribution in [0, 0.1) is 0 Å². The Labute approximate surface area is 118 Å². The van der Waals surface area contributed by atoms with Crippen LogP contribution in [-0.2, 0) is 0 Å². The average Bonchev–Trinajstić information content (AvgIpc) is 2.88. The zero-order chi connectivity index (χ0) is 13.2. The van der Waals surface area contributed by atoms with E-state index >= 15 is 0 Å². The van der Waals surface area contributed by atoms with Crippen molar-refractivity contribution in [1.82, 2.24) is 9.97 Å². The number of carbonyl (C=O) groups excluding carboxylic acids is 1. The lowest BCUT2D eigenvalue weighted by atomic mass is 10.2. The van der Waals surface area contributed by atoms with E-state index in [-0.39, 0.29) is 5.91 Å². The maximum absolute atomic E-state index is 12.1. The molecule has 0 radical (unpaired) electrons. The monoisotopic (exact) mass is 289 g/mol. The molecule has 19 heavy (non-hydrogen) atoms. The Hall–Kier alpha value is -1.98. The maximum Gasteiger partial charge on any atom is 0.258 e. The number of halogens is 1. The zero-order valence-electron chi connectivity index (χ0n) is 9.63. The first-order valence-electron chi connectivity index (χ1n) is 5.50. The van der Waals surface area contributed by atoms with Crippen molar-refractivity contribution in [2.75, 3.05) is 5.32 Å². The number of aromatic nitrogens is 2. The lowest BCUT2D eigenvalue weighted by Gasteiger charge is -2.06. The molecular weight excluding hydrogens is 282 g/mol. The molecule has 6 heteroatoms. The molecule has 0 atom stereocenters. The molecule has 1 N–H and O–H groups in total. The smallest absolute Gasteiger partial charge is 0.258 e. The Morgan fingerprint density at radius 1 is 1.21 bits per heavy atom. The first-order valence-corrected chi connectivity index (χ1v) is 6.75. The Kier molecular flexibility index (Phi) is 3.15. The number of rotatable bonds is 2. The van der Waals surface area contributed by atoms with Gasteiger partial charge in [0.05, 0.1) is 16.0 Å². The van der Waals surface area contributed by atoms with E-state index in [9.17, 15) is 4.79 Å². The molecule has 1 aromatic carbocycles. The van der Waals surface area contributed by atoms with E-state index in [4.69, 9.17) is 11.6 Å². The minimum Gasteiger partial charge on any atom is -0.306 e. The molecule has 1 amide bonds. The molecule has 4 nitrogen and oxygen atoms in total. The third-order valence-electron chi connectivity index (χ3n) is 2.61. The predicted octanol–water partition coefficient (Wildman–Crippen LogP) is 3.60. The summed E-state index contributed by atoms with van der Waals surface area (Å²) >= 11 is 7.49. The molecule has 0 unspecified atom stereocenters. The normalized spacial score (nSPS) is 10.6. The van der Waals surface area contributed by atoms with Crippen LogP contribution in [-0.4, -0.2) is 15.9 Å². The zero-order valence-corrected chi connectivity index (χ0v) is 11.2. The van der Waals surface area contributed by atoms with E-state index in [1.54, 1.807) is 24.3 Å². The van der Waals surface area contributed by atoms with Crippen LogP contribution in [0.5, 0.6) is 0 Å². The molecule has 94 valence electrons. The average molecular weight is 290 g/mol. The van der Waals surface area contributed by atoms with Gasteiger partial charge in [0.15, 0.2) is 0 Å². The highest BCUT2D eigenvalue weighted by Gasteiger charge is 2.12. The van der Waals surface area contributed by atoms with Crippen molar-refractivity contribution in [2.24, 2.45) is 0 Å². The van der Waals surface area contributed by atoms with Crippen LogP contribution in [0.2, 0.25) is 5.02 Å². The third kappa shape index (κ3) is 2.30. The topological polar surface area (TPSA) is 54.9 Å². The highest BCUT2D eigenvalue weighted by molar-refractivity contribution is 7.16. The van der Waals surface area contributed by atoms with Gasteiger partial charge in [0.1, 0.15) is 17.0 Å². The van der Waals surface area contributed by atoms with Gasteiger partial charge < -0.3 is 5.32 Å². The van der Waals surface area contributed by atoms with E-state index in [1.165, 1.54) is 17.7 Å². The predicted molar refractivity (Wildman–Crippen MR) is 76.8 cm³/mol. The fourth-order valence-corrected chi connectivity index (χ4v) is 2.66. The van der Waals surface area contributed by atoms with Crippen LogP contribution in [0.1, 0.15) is 10.4 Å². The van der Waals surface area contributed by atoms with Crippen LogP contribution < -0.4 is 5.32 Å². The molecular formula is C13H8ClN3OS. The number of nitrogens with one attached hydrogen (secondary N) is 1. The fourth-order valence-electron chi connectivity index (χ4n) is 1.71. The summed E-state index contributed by atoms with van der Waals surface area (Å²) in [5.74, 6) is 0.216. The van der Waals surface area contributed by atoms with Gasteiger partial charge in [0.25, 0.3) is 5.91 Å². The van der Waals surface area contributed by atoms with E-state index in [2.05, 4.69) is 15.3 Å². The molecule has 0 fully saturated rings. The highest BCUT2D eigenvalue weighted by Crippen LogP contribution is 2.24. The van der Waals surface area contributed by atoms with Crippen molar-refractivity contribution in [2.45, 2.75) is 0 Å². The van der Waals surface area contributed by atoms with Crippen LogP contribution in [0.4, 0.5) is 5.82 Å². The Morgan fingerprint density at radius 2 is 2.05 bits per heavy atom. The van der Waals surface area contributed by atoms with Crippen molar-refractivity contribution in [3.8, 4) is 0 Å². The van der Waals surface area contributed by atoms with Gasteiger partial charge in [-0.15, -0.1) is 11.3 Å². The molecule has 0 saturated heterocycles. The second-order valence-electron chi connectivity index (χ2n) is 3.80. The standard InChI is InChI=1S/C13H8ClN3OS/c14-10-4-2-1-3-8(10)12(18)17-11-9-5-6-19-13(9)16-7-15-11/h1-7H,(H,15,16,17,18). The lowest BCUT2D eigenvalue weighted by molar-refractivity contribution is 0.102. The second kappa shape index (κ2) is 4.95. The summed E-state index contributed by atoms with van der Waals surface area (Å²) in [5, 5.41) is 5.91. The van der Waals surface area contributed by atoms with E-state index in [1.807, 2.05) is 11.4 Å². The number of carbonyl (C=O) groups is 1. The molecule has 0 bridgehead atoms. The molecule has 3 rings (SSSR count). The number of anilines is 1. The van der Waals surface area contributed by atoms with Gasteiger partial charge in [-0.2, -0.15) is 0 Å². The fraction of sp³-hybridized carbons (Fsp3) is 0. The summed E-state index contributed by atoms with van der Waals surface area (Å²) in [4.78, 5) is 21.2. The molecule has 0 aliphatic heterocycles. The van der Waals surface area contributed by atoms with E-state index < -0.39 is 0 Å². The summed E-state index contributed by atoms with van der Waals surface area (Å²) in [5.41, 5.74) is 0.422. The quantitative estimate of drug-likeness (QED) is 0.784. The molecule has 0 aliphatic carbocycles. The maximum atomic E-state index is 12.1. The number of amides is 1. The van der Waals surface area contributed by atoms with Gasteiger partial charge in [-0.1, -0.05) is 23.7 Å². The van der Waals surface area contributed by atoms with E-state index in [0.29, 0.717) is 16.4 Å². The Morgan fingerprint density at radius 3 is 2.89 bits per heavy atom. The second-order valence-corrected chi connectivity index (χ2v) is 5.10. The van der Waals surface area contributed by atoms with Gasteiger partial charge in [-0.25, -0.2) is 9.97 Å². The molecule has 0 saturated carbocycles. The number of fused-ring (bicyclic) bond motifs is 1. The summed E-state index contributed by atoms with van der Waals surface area (Å²) in [7, 11) is 0. The van der Waals surface area contributed by atoms with Crippen LogP contribution in [0.15, 0.2) is 42.0 Å². The van der Waals surface area contributed by atoms with Crippen molar-refractivity contribution >= 4 is 44.9 Å². The van der Waals surface area contributed by atoms with E-state index in [0.717, 1.165) is 10.2 Å². The summed E-state index contributed by atoms with van der Waals surface area (Å²) < 4.78 is 0. The van der Waals surface area contributed by atoms with Crippen LogP contribution in [0.3, 0.4) is 0 Å². The summed E-state index contributed by atoms with van der Waals surface area (Å²) in [6.07, 6.45) is 1.43. The molecule has 3 aromatic rings. The Bertz CT molecular complexity index is 756. The molecule has 2 heterocycles. The third-order valence-corrected chi connectivity index (χ3v) is 3.76. The van der Waals surface area contributed by atoms with Gasteiger partial charge in [0.2, 0.25) is 0 Å². The van der Waals surface area contributed by atoms with Gasteiger partial charge in [-0.05, 0) is 23.6 Å². The first-order chi connectivity index (χ1) is 9.25.